The molecule has 0 aliphatic rings. The monoisotopic (exact) mass is 273 g/mol. The highest BCUT2D eigenvalue weighted by atomic mass is 19.4. The lowest BCUT2D eigenvalue weighted by molar-refractivity contribution is -0.138. The van der Waals surface area contributed by atoms with Crippen LogP contribution in [-0.2, 0) is 11.0 Å². The lowest BCUT2D eigenvalue weighted by atomic mass is 9.94. The van der Waals surface area contributed by atoms with E-state index in [-0.39, 0.29) is 11.5 Å². The van der Waals surface area contributed by atoms with Gasteiger partial charge in [0.05, 0.1) is 11.5 Å². The zero-order chi connectivity index (χ0) is 14.6. The summed E-state index contributed by atoms with van der Waals surface area (Å²) >= 11 is 0. The molecule has 3 N–H and O–H groups in total. The fourth-order valence-electron chi connectivity index (χ4n) is 1.56. The number of rotatable bonds is 2. The van der Waals surface area contributed by atoms with Gasteiger partial charge in [-0.1, -0.05) is 18.2 Å². The van der Waals surface area contributed by atoms with Gasteiger partial charge in [-0.3, -0.25) is 15.1 Å². The molecule has 19 heavy (non-hydrogen) atoms. The van der Waals surface area contributed by atoms with Crippen molar-refractivity contribution < 1.29 is 18.0 Å². The minimum atomic E-state index is -4.50. The van der Waals surface area contributed by atoms with E-state index in [9.17, 15) is 18.0 Å². The summed E-state index contributed by atoms with van der Waals surface area (Å²) in [5.74, 6) is -1.76. The standard InChI is InChI=1S/C12H14F3N3O/c1-7(10(19)18-11(16)17-2)8-5-3-4-6-9(8)12(13,14)15/h3-7H,1-2H3,(H3,16,17,18,19). The molecule has 1 atom stereocenters. The van der Waals surface area contributed by atoms with Crippen molar-refractivity contribution in [1.29, 1.82) is 0 Å². The fraction of sp³-hybridized carbons (Fsp3) is 0.333. The number of hydrogen-bond donors (Lipinski definition) is 2. The van der Waals surface area contributed by atoms with E-state index in [0.717, 1.165) is 6.07 Å². The van der Waals surface area contributed by atoms with Crippen LogP contribution in [0.2, 0.25) is 0 Å². The molecule has 0 aromatic heterocycles. The number of guanidine groups is 1. The number of amides is 1. The number of carbonyl (C=O) groups excluding carboxylic acids is 1. The fourth-order valence-corrected chi connectivity index (χ4v) is 1.56. The molecule has 1 aromatic rings. The Morgan fingerprint density at radius 2 is 1.95 bits per heavy atom. The second kappa shape index (κ2) is 5.73. The molecule has 0 bridgehead atoms. The Balaban J connectivity index is 3.07. The van der Waals surface area contributed by atoms with E-state index in [1.165, 1.54) is 32.2 Å². The molecule has 7 heteroatoms. The number of alkyl halides is 3. The summed E-state index contributed by atoms with van der Waals surface area (Å²) in [7, 11) is 1.37. The molecule has 0 spiro atoms. The van der Waals surface area contributed by atoms with E-state index in [1.54, 1.807) is 0 Å². The Morgan fingerprint density at radius 3 is 2.47 bits per heavy atom. The Morgan fingerprint density at radius 1 is 1.37 bits per heavy atom. The molecular formula is C12H14F3N3O. The quantitative estimate of drug-likeness (QED) is 0.638. The van der Waals surface area contributed by atoms with Gasteiger partial charge in [-0.05, 0) is 18.6 Å². The zero-order valence-electron chi connectivity index (χ0n) is 10.5. The van der Waals surface area contributed by atoms with Crippen LogP contribution in [0.25, 0.3) is 0 Å². The number of carbonyl (C=O) groups is 1. The van der Waals surface area contributed by atoms with Crippen molar-refractivity contribution >= 4 is 11.9 Å². The number of nitrogens with two attached hydrogens (primary N) is 1. The van der Waals surface area contributed by atoms with Crippen LogP contribution >= 0.6 is 0 Å². The van der Waals surface area contributed by atoms with Gasteiger partial charge in [0.25, 0.3) is 0 Å². The van der Waals surface area contributed by atoms with Crippen molar-refractivity contribution in [3.8, 4) is 0 Å². The van der Waals surface area contributed by atoms with Crippen molar-refractivity contribution in [3.05, 3.63) is 35.4 Å². The first-order valence-electron chi connectivity index (χ1n) is 5.46. The van der Waals surface area contributed by atoms with Gasteiger partial charge in [0.15, 0.2) is 5.96 Å². The third-order valence-corrected chi connectivity index (χ3v) is 2.62. The van der Waals surface area contributed by atoms with Gasteiger partial charge < -0.3 is 5.73 Å². The van der Waals surface area contributed by atoms with Gasteiger partial charge in [-0.15, -0.1) is 0 Å². The van der Waals surface area contributed by atoms with Gasteiger partial charge in [-0.25, -0.2) is 0 Å². The Labute approximate surface area is 108 Å². The van der Waals surface area contributed by atoms with Crippen molar-refractivity contribution in [2.24, 2.45) is 10.7 Å². The maximum Gasteiger partial charge on any atom is 0.416 e. The van der Waals surface area contributed by atoms with E-state index < -0.39 is 23.6 Å². The molecular weight excluding hydrogens is 259 g/mol. The highest BCUT2D eigenvalue weighted by Crippen LogP contribution is 2.35. The van der Waals surface area contributed by atoms with E-state index in [2.05, 4.69) is 10.3 Å². The summed E-state index contributed by atoms with van der Waals surface area (Å²) in [6.45, 7) is 1.38. The van der Waals surface area contributed by atoms with Crippen LogP contribution in [0.5, 0.6) is 0 Å². The van der Waals surface area contributed by atoms with Crippen LogP contribution in [0.4, 0.5) is 13.2 Å². The largest absolute Gasteiger partial charge is 0.416 e. The Bertz CT molecular complexity index is 497. The first-order valence-corrected chi connectivity index (χ1v) is 5.46. The maximum absolute atomic E-state index is 12.8. The minimum Gasteiger partial charge on any atom is -0.370 e. The van der Waals surface area contributed by atoms with Gasteiger partial charge >= 0.3 is 6.18 Å². The van der Waals surface area contributed by atoms with E-state index in [1.807, 2.05) is 0 Å². The molecule has 0 fully saturated rings. The summed E-state index contributed by atoms with van der Waals surface area (Å²) in [6.07, 6.45) is -4.50. The minimum absolute atomic E-state index is 0.101. The predicted molar refractivity (Wildman–Crippen MR) is 65.5 cm³/mol. The average molecular weight is 273 g/mol. The highest BCUT2D eigenvalue weighted by Gasteiger charge is 2.35. The molecule has 1 amide bonds. The highest BCUT2D eigenvalue weighted by molar-refractivity contribution is 5.99. The van der Waals surface area contributed by atoms with Crippen LogP contribution in [-0.4, -0.2) is 18.9 Å². The number of nitrogens with zero attached hydrogens (tertiary/aromatic N) is 1. The van der Waals surface area contributed by atoms with E-state index in [4.69, 9.17) is 5.73 Å². The van der Waals surface area contributed by atoms with Crippen LogP contribution in [0.15, 0.2) is 29.3 Å². The molecule has 0 radical (unpaired) electrons. The first kappa shape index (κ1) is 15.0. The SMILES string of the molecule is CN=C(N)NC(=O)C(C)c1ccccc1C(F)(F)F. The van der Waals surface area contributed by atoms with Crippen molar-refractivity contribution in [3.63, 3.8) is 0 Å². The lowest BCUT2D eigenvalue weighted by Crippen LogP contribution is -2.39. The van der Waals surface area contributed by atoms with E-state index >= 15 is 0 Å². The van der Waals surface area contributed by atoms with Gasteiger partial charge in [-0.2, -0.15) is 13.2 Å². The molecule has 0 saturated heterocycles. The van der Waals surface area contributed by atoms with Crippen molar-refractivity contribution in [2.75, 3.05) is 7.05 Å². The Kier molecular flexibility index (Phi) is 4.52. The number of nitrogens with one attached hydrogen (secondary N) is 1. The summed E-state index contributed by atoms with van der Waals surface area (Å²) < 4.78 is 38.5. The summed E-state index contributed by atoms with van der Waals surface area (Å²) in [6, 6.07) is 4.94. The third kappa shape index (κ3) is 3.70. The second-order valence-corrected chi connectivity index (χ2v) is 3.90. The van der Waals surface area contributed by atoms with Crippen molar-refractivity contribution in [1.82, 2.24) is 5.32 Å². The number of aliphatic imine (C=N–C) groups is 1. The van der Waals surface area contributed by atoms with Gasteiger partial charge in [0.2, 0.25) is 5.91 Å². The molecule has 0 aliphatic heterocycles. The first-order chi connectivity index (χ1) is 8.77. The average Bonchev–Trinajstić information content (AvgIpc) is 2.36. The molecule has 0 aliphatic carbocycles. The van der Waals surface area contributed by atoms with Gasteiger partial charge in [0.1, 0.15) is 0 Å². The maximum atomic E-state index is 12.8. The molecule has 104 valence electrons. The topological polar surface area (TPSA) is 67.5 Å². The second-order valence-electron chi connectivity index (χ2n) is 3.90. The molecule has 0 saturated carbocycles. The van der Waals surface area contributed by atoms with E-state index in [0.29, 0.717) is 0 Å². The molecule has 1 aromatic carbocycles. The zero-order valence-corrected chi connectivity index (χ0v) is 10.5. The Hall–Kier alpha value is -2.05. The number of halogens is 3. The van der Waals surface area contributed by atoms with Gasteiger partial charge in [0, 0.05) is 7.05 Å². The summed E-state index contributed by atoms with van der Waals surface area (Å²) in [5.41, 5.74) is 4.38. The number of hydrogen-bond acceptors (Lipinski definition) is 2. The van der Waals surface area contributed by atoms with Crippen LogP contribution < -0.4 is 11.1 Å². The van der Waals surface area contributed by atoms with Crippen LogP contribution in [0.3, 0.4) is 0 Å². The molecule has 1 unspecified atom stereocenters. The molecule has 4 nitrogen and oxygen atoms in total. The third-order valence-electron chi connectivity index (χ3n) is 2.62. The van der Waals surface area contributed by atoms with Crippen molar-refractivity contribution in [2.45, 2.75) is 19.0 Å². The summed E-state index contributed by atoms with van der Waals surface area (Å²) in [5, 5.41) is 2.23. The van der Waals surface area contributed by atoms with Crippen LogP contribution in [0, 0.1) is 0 Å². The molecule has 0 heterocycles. The predicted octanol–water partition coefficient (Wildman–Crippen LogP) is 1.87. The normalized spacial score (nSPS) is 14.1. The number of benzene rings is 1. The van der Waals surface area contributed by atoms with Crippen LogP contribution in [0.1, 0.15) is 24.0 Å². The molecule has 1 rings (SSSR count). The summed E-state index contributed by atoms with van der Waals surface area (Å²) in [4.78, 5) is 15.3. The lowest BCUT2D eigenvalue weighted by Gasteiger charge is -2.17. The smallest absolute Gasteiger partial charge is 0.370 e.